The molecule has 2 rings (SSSR count). The highest BCUT2D eigenvalue weighted by Crippen LogP contribution is 2.21. The molecule has 0 aliphatic rings. The maximum Gasteiger partial charge on any atom is 0.226 e. The molecule has 3 N–H and O–H groups in total. The molecule has 6 nitrogen and oxygen atoms in total. The molecule has 6 heteroatoms. The van der Waals surface area contributed by atoms with Crippen molar-refractivity contribution in [3.05, 3.63) is 6.20 Å². The van der Waals surface area contributed by atoms with Crippen LogP contribution in [0.2, 0.25) is 0 Å². The summed E-state index contributed by atoms with van der Waals surface area (Å²) in [6.45, 7) is 7.36. The Morgan fingerprint density at radius 3 is 2.71 bits per heavy atom. The Morgan fingerprint density at radius 2 is 2.06 bits per heavy atom. The number of anilines is 2. The van der Waals surface area contributed by atoms with E-state index in [4.69, 9.17) is 0 Å². The topological polar surface area (TPSA) is 78.5 Å². The SMILES string of the molecule is CNc1nc(NCC(C)(C)C)c2cn[nH]c2n1. The predicted molar refractivity (Wildman–Crippen MR) is 69.2 cm³/mol. The molecule has 0 aliphatic carbocycles. The van der Waals surface area contributed by atoms with Gasteiger partial charge in [-0.25, -0.2) is 0 Å². The van der Waals surface area contributed by atoms with Gasteiger partial charge in [0.2, 0.25) is 5.95 Å². The van der Waals surface area contributed by atoms with Gasteiger partial charge < -0.3 is 10.6 Å². The fourth-order valence-electron chi connectivity index (χ4n) is 1.43. The van der Waals surface area contributed by atoms with Crippen LogP contribution in [-0.2, 0) is 0 Å². The van der Waals surface area contributed by atoms with Gasteiger partial charge in [0.25, 0.3) is 0 Å². The van der Waals surface area contributed by atoms with E-state index in [0.717, 1.165) is 23.4 Å². The van der Waals surface area contributed by atoms with E-state index in [1.165, 1.54) is 0 Å². The standard InChI is InChI=1S/C11H18N6/c1-11(2,3)6-13-8-7-5-14-17-9(7)16-10(12-4)15-8/h5H,6H2,1-4H3,(H3,12,13,14,15,16,17). The highest BCUT2D eigenvalue weighted by atomic mass is 15.2. The van der Waals surface area contributed by atoms with Crippen LogP contribution in [0.1, 0.15) is 20.8 Å². The van der Waals surface area contributed by atoms with Crippen LogP contribution in [0.5, 0.6) is 0 Å². The largest absolute Gasteiger partial charge is 0.369 e. The van der Waals surface area contributed by atoms with E-state index >= 15 is 0 Å². The number of nitrogens with zero attached hydrogens (tertiary/aromatic N) is 3. The molecule has 0 saturated heterocycles. The Kier molecular flexibility index (Phi) is 2.87. The van der Waals surface area contributed by atoms with E-state index in [-0.39, 0.29) is 5.41 Å². The Bertz CT molecular complexity index is 510. The van der Waals surface area contributed by atoms with Crippen molar-refractivity contribution in [3.8, 4) is 0 Å². The lowest BCUT2D eigenvalue weighted by Gasteiger charge is -2.19. The van der Waals surface area contributed by atoms with Crippen molar-refractivity contribution < 1.29 is 0 Å². The zero-order valence-corrected chi connectivity index (χ0v) is 10.6. The molecule has 0 spiro atoms. The van der Waals surface area contributed by atoms with Crippen LogP contribution in [-0.4, -0.2) is 33.8 Å². The molecular weight excluding hydrogens is 216 g/mol. The quantitative estimate of drug-likeness (QED) is 0.755. The minimum absolute atomic E-state index is 0.195. The smallest absolute Gasteiger partial charge is 0.226 e. The third-order valence-corrected chi connectivity index (χ3v) is 2.32. The summed E-state index contributed by atoms with van der Waals surface area (Å²) in [6.07, 6.45) is 1.74. The van der Waals surface area contributed by atoms with Crippen molar-refractivity contribution in [2.75, 3.05) is 24.2 Å². The van der Waals surface area contributed by atoms with Crippen molar-refractivity contribution in [1.29, 1.82) is 0 Å². The Hall–Kier alpha value is -1.85. The summed E-state index contributed by atoms with van der Waals surface area (Å²) in [5.74, 6) is 1.39. The summed E-state index contributed by atoms with van der Waals surface area (Å²) < 4.78 is 0. The van der Waals surface area contributed by atoms with Crippen molar-refractivity contribution in [2.24, 2.45) is 5.41 Å². The molecular formula is C11H18N6. The van der Waals surface area contributed by atoms with Crippen LogP contribution in [0, 0.1) is 5.41 Å². The lowest BCUT2D eigenvalue weighted by Crippen LogP contribution is -2.20. The average molecular weight is 234 g/mol. The number of rotatable bonds is 3. The molecule has 17 heavy (non-hydrogen) atoms. The first-order chi connectivity index (χ1) is 7.99. The maximum absolute atomic E-state index is 4.40. The fourth-order valence-corrected chi connectivity index (χ4v) is 1.43. The molecule has 2 aromatic heterocycles. The van der Waals surface area contributed by atoms with E-state index in [1.54, 1.807) is 13.2 Å². The van der Waals surface area contributed by atoms with E-state index in [0.29, 0.717) is 5.95 Å². The summed E-state index contributed by atoms with van der Waals surface area (Å²) in [7, 11) is 1.80. The summed E-state index contributed by atoms with van der Waals surface area (Å²) in [5, 5.41) is 14.0. The summed E-state index contributed by atoms with van der Waals surface area (Å²) in [5.41, 5.74) is 0.932. The van der Waals surface area contributed by atoms with Crippen molar-refractivity contribution in [2.45, 2.75) is 20.8 Å². The molecule has 0 amide bonds. The highest BCUT2D eigenvalue weighted by Gasteiger charge is 2.13. The molecule has 0 bridgehead atoms. The lowest BCUT2D eigenvalue weighted by molar-refractivity contribution is 0.442. The van der Waals surface area contributed by atoms with Gasteiger partial charge in [-0.1, -0.05) is 20.8 Å². The minimum atomic E-state index is 0.195. The number of fused-ring (bicyclic) bond motifs is 1. The van der Waals surface area contributed by atoms with Gasteiger partial charge >= 0.3 is 0 Å². The number of hydrogen-bond donors (Lipinski definition) is 3. The van der Waals surface area contributed by atoms with E-state index in [1.807, 2.05) is 0 Å². The van der Waals surface area contributed by atoms with E-state index < -0.39 is 0 Å². The second kappa shape index (κ2) is 4.20. The van der Waals surface area contributed by atoms with Crippen molar-refractivity contribution >= 4 is 22.8 Å². The molecule has 0 saturated carbocycles. The summed E-state index contributed by atoms with van der Waals surface area (Å²) in [6, 6.07) is 0. The number of aromatic amines is 1. The van der Waals surface area contributed by atoms with Crippen LogP contribution < -0.4 is 10.6 Å². The van der Waals surface area contributed by atoms with E-state index in [9.17, 15) is 0 Å². The van der Waals surface area contributed by atoms with Crippen LogP contribution >= 0.6 is 0 Å². The van der Waals surface area contributed by atoms with Crippen LogP contribution in [0.15, 0.2) is 6.20 Å². The maximum atomic E-state index is 4.40. The van der Waals surface area contributed by atoms with Crippen molar-refractivity contribution in [1.82, 2.24) is 20.2 Å². The van der Waals surface area contributed by atoms with Gasteiger partial charge in [-0.15, -0.1) is 0 Å². The third kappa shape index (κ3) is 2.64. The molecule has 0 atom stereocenters. The second-order valence-corrected chi connectivity index (χ2v) is 5.19. The van der Waals surface area contributed by atoms with Gasteiger partial charge in [0.15, 0.2) is 5.65 Å². The third-order valence-electron chi connectivity index (χ3n) is 2.32. The molecule has 0 unspecified atom stereocenters. The normalized spacial score (nSPS) is 11.8. The zero-order chi connectivity index (χ0) is 12.5. The van der Waals surface area contributed by atoms with E-state index in [2.05, 4.69) is 51.6 Å². The first kappa shape index (κ1) is 11.6. The predicted octanol–water partition coefficient (Wildman–Crippen LogP) is 1.85. The minimum Gasteiger partial charge on any atom is -0.369 e. The molecule has 2 heterocycles. The van der Waals surface area contributed by atoms with Gasteiger partial charge in [0.05, 0.1) is 11.6 Å². The molecule has 0 aromatic carbocycles. The summed E-state index contributed by atoms with van der Waals surface area (Å²) in [4.78, 5) is 8.68. The molecule has 2 aromatic rings. The fraction of sp³-hybridized carbons (Fsp3) is 0.545. The van der Waals surface area contributed by atoms with Crippen LogP contribution in [0.4, 0.5) is 11.8 Å². The summed E-state index contributed by atoms with van der Waals surface area (Å²) >= 11 is 0. The first-order valence-corrected chi connectivity index (χ1v) is 5.62. The van der Waals surface area contributed by atoms with Crippen molar-refractivity contribution in [3.63, 3.8) is 0 Å². The molecule has 0 radical (unpaired) electrons. The molecule has 92 valence electrons. The second-order valence-electron chi connectivity index (χ2n) is 5.19. The van der Waals surface area contributed by atoms with Gasteiger partial charge in [0.1, 0.15) is 5.82 Å². The number of aromatic nitrogens is 4. The molecule has 0 fully saturated rings. The monoisotopic (exact) mass is 234 g/mol. The number of hydrogen-bond acceptors (Lipinski definition) is 5. The Labute approximate surface area is 100 Å². The van der Waals surface area contributed by atoms with Crippen LogP contribution in [0.25, 0.3) is 11.0 Å². The first-order valence-electron chi connectivity index (χ1n) is 5.62. The van der Waals surface area contributed by atoms with Gasteiger partial charge in [-0.05, 0) is 5.41 Å². The molecule has 0 aliphatic heterocycles. The van der Waals surface area contributed by atoms with Gasteiger partial charge in [0, 0.05) is 13.6 Å². The highest BCUT2D eigenvalue weighted by molar-refractivity contribution is 5.86. The average Bonchev–Trinajstić information content (AvgIpc) is 2.72. The Morgan fingerprint density at radius 1 is 1.29 bits per heavy atom. The number of nitrogens with one attached hydrogen (secondary N) is 3. The lowest BCUT2D eigenvalue weighted by atomic mass is 9.97. The number of H-pyrrole nitrogens is 1. The van der Waals surface area contributed by atoms with Crippen LogP contribution in [0.3, 0.4) is 0 Å². The zero-order valence-electron chi connectivity index (χ0n) is 10.6. The van der Waals surface area contributed by atoms with Gasteiger partial charge in [-0.2, -0.15) is 15.1 Å². The Balaban J connectivity index is 2.34. The van der Waals surface area contributed by atoms with Gasteiger partial charge in [-0.3, -0.25) is 5.10 Å².